The van der Waals surface area contributed by atoms with E-state index >= 15 is 0 Å². The van der Waals surface area contributed by atoms with Gasteiger partial charge in [0.05, 0.1) is 21.8 Å². The van der Waals surface area contributed by atoms with E-state index in [1.165, 1.54) is 0 Å². The molecule has 0 fully saturated rings. The van der Waals surface area contributed by atoms with Crippen LogP contribution in [0.4, 0.5) is 0 Å². The van der Waals surface area contributed by atoms with Crippen LogP contribution in [-0.2, 0) is 25.9 Å². The number of benzene rings is 2. The van der Waals surface area contributed by atoms with Crippen molar-refractivity contribution >= 4 is 21.8 Å². The Morgan fingerprint density at radius 2 is 1.07 bits per heavy atom. The summed E-state index contributed by atoms with van der Waals surface area (Å²) in [5.74, 6) is 1.61. The molecule has 0 spiro atoms. The van der Waals surface area contributed by atoms with Gasteiger partial charge in [-0.1, -0.05) is 38.1 Å². The van der Waals surface area contributed by atoms with Crippen molar-refractivity contribution in [1.82, 2.24) is 19.1 Å². The molecule has 0 saturated carbocycles. The van der Waals surface area contributed by atoms with Crippen LogP contribution < -0.4 is 11.1 Å². The van der Waals surface area contributed by atoms with Crippen molar-refractivity contribution in [3.63, 3.8) is 0 Å². The predicted molar refractivity (Wildman–Crippen MR) is 120 cm³/mol. The summed E-state index contributed by atoms with van der Waals surface area (Å²) in [4.78, 5) is 35.2. The summed E-state index contributed by atoms with van der Waals surface area (Å²) < 4.78 is 3.56. The maximum atomic E-state index is 12.9. The van der Waals surface area contributed by atoms with E-state index in [1.807, 2.05) is 62.4 Å². The van der Waals surface area contributed by atoms with Gasteiger partial charge < -0.3 is 0 Å². The van der Waals surface area contributed by atoms with Crippen molar-refractivity contribution in [3.8, 4) is 0 Å². The van der Waals surface area contributed by atoms with Crippen LogP contribution in [0.5, 0.6) is 0 Å². The van der Waals surface area contributed by atoms with E-state index < -0.39 is 0 Å². The quantitative estimate of drug-likeness (QED) is 0.442. The molecular formula is C24H26N4O2. The van der Waals surface area contributed by atoms with Crippen LogP contribution in [0.25, 0.3) is 21.8 Å². The van der Waals surface area contributed by atoms with Gasteiger partial charge >= 0.3 is 0 Å². The second-order valence-corrected chi connectivity index (χ2v) is 7.42. The fourth-order valence-electron chi connectivity index (χ4n) is 3.97. The molecule has 6 heteroatoms. The van der Waals surface area contributed by atoms with Crippen molar-refractivity contribution in [3.05, 3.63) is 80.9 Å². The minimum absolute atomic E-state index is 0.0104. The Balaban J connectivity index is 1.55. The van der Waals surface area contributed by atoms with Crippen LogP contribution in [-0.4, -0.2) is 19.1 Å². The van der Waals surface area contributed by atoms with Crippen molar-refractivity contribution in [2.45, 2.75) is 52.6 Å². The lowest BCUT2D eigenvalue weighted by atomic mass is 10.2. The molecule has 0 unspecified atom stereocenters. The molecule has 154 valence electrons. The second kappa shape index (κ2) is 8.61. The summed E-state index contributed by atoms with van der Waals surface area (Å²) in [7, 11) is 0. The van der Waals surface area contributed by atoms with E-state index in [2.05, 4.69) is 9.97 Å². The topological polar surface area (TPSA) is 69.8 Å². The van der Waals surface area contributed by atoms with E-state index in [4.69, 9.17) is 0 Å². The van der Waals surface area contributed by atoms with E-state index in [9.17, 15) is 9.59 Å². The summed E-state index contributed by atoms with van der Waals surface area (Å²) >= 11 is 0. The van der Waals surface area contributed by atoms with Gasteiger partial charge in [-0.2, -0.15) is 0 Å². The minimum atomic E-state index is 0.0104. The van der Waals surface area contributed by atoms with Crippen LogP contribution >= 0.6 is 0 Å². The third-order valence-corrected chi connectivity index (χ3v) is 5.53. The van der Waals surface area contributed by atoms with Crippen LogP contribution in [0.3, 0.4) is 0 Å². The summed E-state index contributed by atoms with van der Waals surface area (Å²) in [5.41, 5.74) is 1.52. The van der Waals surface area contributed by atoms with Crippen molar-refractivity contribution in [2.75, 3.05) is 0 Å². The first-order valence-electron chi connectivity index (χ1n) is 10.6. The monoisotopic (exact) mass is 402 g/mol. The fraction of sp³-hybridized carbons (Fsp3) is 0.333. The van der Waals surface area contributed by atoms with Crippen LogP contribution in [0.2, 0.25) is 0 Å². The van der Waals surface area contributed by atoms with Gasteiger partial charge in [0.15, 0.2) is 0 Å². The highest BCUT2D eigenvalue weighted by Crippen LogP contribution is 2.11. The molecule has 6 nitrogen and oxygen atoms in total. The Labute approximate surface area is 174 Å². The average Bonchev–Trinajstić information content (AvgIpc) is 2.78. The molecule has 2 aromatic heterocycles. The number of aryl methyl sites for hydroxylation is 2. The van der Waals surface area contributed by atoms with Gasteiger partial charge in [0.2, 0.25) is 0 Å². The zero-order valence-corrected chi connectivity index (χ0v) is 17.5. The highest BCUT2D eigenvalue weighted by atomic mass is 16.1. The lowest BCUT2D eigenvalue weighted by Gasteiger charge is -2.14. The van der Waals surface area contributed by atoms with Gasteiger partial charge in [-0.05, 0) is 37.1 Å². The summed E-state index contributed by atoms with van der Waals surface area (Å²) in [6, 6.07) is 15.0. The summed E-state index contributed by atoms with van der Waals surface area (Å²) in [5, 5.41) is 1.30. The van der Waals surface area contributed by atoms with Crippen molar-refractivity contribution < 1.29 is 0 Å². The molecule has 4 aromatic rings. The number of fused-ring (bicyclic) bond motifs is 2. The third kappa shape index (κ3) is 3.65. The lowest BCUT2D eigenvalue weighted by Crippen LogP contribution is -2.27. The number of para-hydroxylation sites is 2. The first kappa shape index (κ1) is 20.0. The van der Waals surface area contributed by atoms with Gasteiger partial charge in [-0.25, -0.2) is 9.97 Å². The molecule has 0 aliphatic heterocycles. The van der Waals surface area contributed by atoms with E-state index in [0.29, 0.717) is 36.7 Å². The van der Waals surface area contributed by atoms with Crippen LogP contribution in [0, 0.1) is 0 Å². The van der Waals surface area contributed by atoms with Gasteiger partial charge in [0.25, 0.3) is 11.1 Å². The first-order valence-corrected chi connectivity index (χ1v) is 10.6. The Bertz CT molecular complexity index is 1220. The molecule has 0 radical (unpaired) electrons. The lowest BCUT2D eigenvalue weighted by molar-refractivity contribution is 0.511. The maximum Gasteiger partial charge on any atom is 0.261 e. The predicted octanol–water partition coefficient (Wildman–Crippen LogP) is 3.71. The Kier molecular flexibility index (Phi) is 5.74. The molecule has 0 bridgehead atoms. The Morgan fingerprint density at radius 3 is 1.47 bits per heavy atom. The zero-order chi connectivity index (χ0) is 21.1. The highest BCUT2D eigenvalue weighted by molar-refractivity contribution is 5.78. The molecule has 2 heterocycles. The number of aromatic nitrogens is 4. The molecule has 30 heavy (non-hydrogen) atoms. The highest BCUT2D eigenvalue weighted by Gasteiger charge is 2.11. The standard InChI is InChI=1S/C24H26N4O2/c1-3-21-25-19-13-7-5-11-17(19)23(29)27(21)15-9-10-16-28-22(4-2)26-20-14-8-6-12-18(20)24(28)30/h5-8,11-14H,3-4,9-10,15-16H2,1-2H3. The molecule has 0 amide bonds. The van der Waals surface area contributed by atoms with E-state index in [-0.39, 0.29) is 11.1 Å². The Morgan fingerprint density at radius 1 is 0.667 bits per heavy atom. The van der Waals surface area contributed by atoms with Gasteiger partial charge in [-0.15, -0.1) is 0 Å². The molecular weight excluding hydrogens is 376 g/mol. The average molecular weight is 402 g/mol. The van der Waals surface area contributed by atoms with E-state index in [1.54, 1.807) is 9.13 Å². The minimum Gasteiger partial charge on any atom is -0.296 e. The third-order valence-electron chi connectivity index (χ3n) is 5.53. The van der Waals surface area contributed by atoms with Crippen LogP contribution in [0.1, 0.15) is 38.3 Å². The van der Waals surface area contributed by atoms with Gasteiger partial charge in [0, 0.05) is 25.9 Å². The van der Waals surface area contributed by atoms with Crippen molar-refractivity contribution in [1.29, 1.82) is 0 Å². The molecule has 0 saturated heterocycles. The van der Waals surface area contributed by atoms with E-state index in [0.717, 1.165) is 35.5 Å². The SMILES string of the molecule is CCc1nc2ccccc2c(=O)n1CCCCn1c(CC)nc2ccccc2c1=O. The summed E-state index contributed by atoms with van der Waals surface area (Å²) in [6.07, 6.45) is 2.98. The molecule has 0 N–H and O–H groups in total. The molecule has 2 aromatic carbocycles. The number of unbranched alkanes of at least 4 members (excludes halogenated alkanes) is 1. The number of hydrogen-bond donors (Lipinski definition) is 0. The molecule has 0 atom stereocenters. The second-order valence-electron chi connectivity index (χ2n) is 7.42. The van der Waals surface area contributed by atoms with Gasteiger partial charge in [0.1, 0.15) is 11.6 Å². The number of rotatable bonds is 7. The molecule has 0 aliphatic rings. The smallest absolute Gasteiger partial charge is 0.261 e. The Hall–Kier alpha value is -3.28. The van der Waals surface area contributed by atoms with Crippen molar-refractivity contribution in [2.24, 2.45) is 0 Å². The fourth-order valence-corrected chi connectivity index (χ4v) is 3.97. The number of nitrogens with zero attached hydrogens (tertiary/aromatic N) is 4. The van der Waals surface area contributed by atoms with Crippen LogP contribution in [0.15, 0.2) is 58.1 Å². The zero-order valence-electron chi connectivity index (χ0n) is 17.5. The van der Waals surface area contributed by atoms with Gasteiger partial charge in [-0.3, -0.25) is 18.7 Å². The maximum absolute atomic E-state index is 12.9. The molecule has 4 rings (SSSR count). The largest absolute Gasteiger partial charge is 0.296 e. The molecule has 0 aliphatic carbocycles. The summed E-state index contributed by atoms with van der Waals surface area (Å²) in [6.45, 7) is 5.22. The normalized spacial score (nSPS) is 11.4. The number of hydrogen-bond acceptors (Lipinski definition) is 4. The first-order chi connectivity index (χ1) is 14.6.